The second-order valence-corrected chi connectivity index (χ2v) is 5.91. The smallest absolute Gasteiger partial charge is 0.326 e. The molecule has 0 aromatic carbocycles. The molecule has 0 bridgehead atoms. The van der Waals surface area contributed by atoms with Gasteiger partial charge in [0.1, 0.15) is 6.04 Å². The fourth-order valence-corrected chi connectivity index (χ4v) is 2.55. The van der Waals surface area contributed by atoms with Crippen molar-refractivity contribution in [3.05, 3.63) is 0 Å². The second-order valence-electron chi connectivity index (χ2n) is 5.91. The van der Waals surface area contributed by atoms with Gasteiger partial charge in [0.2, 0.25) is 5.91 Å². The maximum Gasteiger partial charge on any atom is 0.326 e. The van der Waals surface area contributed by atoms with Gasteiger partial charge in [0, 0.05) is 19.5 Å². The van der Waals surface area contributed by atoms with E-state index in [9.17, 15) is 14.4 Å². The number of aliphatic carboxylic acids is 1. The zero-order valence-electron chi connectivity index (χ0n) is 12.7. The molecule has 7 heteroatoms. The molecule has 0 aromatic heterocycles. The number of nitrogens with two attached hydrogens (primary N) is 1. The summed E-state index contributed by atoms with van der Waals surface area (Å²) >= 11 is 0. The van der Waals surface area contributed by atoms with E-state index in [1.807, 2.05) is 0 Å². The fraction of sp³-hybridized carbons (Fsp3) is 0.786. The number of carbonyl (C=O) groups is 3. The van der Waals surface area contributed by atoms with E-state index in [2.05, 4.69) is 19.2 Å². The monoisotopic (exact) mass is 299 g/mol. The maximum atomic E-state index is 12.1. The third kappa shape index (κ3) is 5.61. The molecule has 21 heavy (non-hydrogen) atoms. The van der Waals surface area contributed by atoms with Crippen molar-refractivity contribution in [3.63, 3.8) is 0 Å². The first kappa shape index (κ1) is 17.3. The van der Waals surface area contributed by atoms with Crippen molar-refractivity contribution >= 4 is 17.9 Å². The topological polar surface area (TPSA) is 113 Å². The molecule has 1 aliphatic rings. The number of nitrogens with zero attached hydrogens (tertiary/aromatic N) is 1. The van der Waals surface area contributed by atoms with E-state index < -0.39 is 17.9 Å². The molecule has 3 amide bonds. The van der Waals surface area contributed by atoms with E-state index in [-0.39, 0.29) is 18.9 Å². The Morgan fingerprint density at radius 2 is 1.86 bits per heavy atom. The Balaban J connectivity index is 2.47. The Bertz CT molecular complexity index is 390. The molecule has 1 atom stereocenters. The lowest BCUT2D eigenvalue weighted by Gasteiger charge is -2.34. The number of hydrogen-bond donors (Lipinski definition) is 3. The number of piperidine rings is 1. The van der Waals surface area contributed by atoms with Crippen molar-refractivity contribution in [2.24, 2.45) is 17.6 Å². The van der Waals surface area contributed by atoms with Crippen LogP contribution in [0.3, 0.4) is 0 Å². The number of rotatable bonds is 6. The average molecular weight is 299 g/mol. The minimum atomic E-state index is -1.15. The lowest BCUT2D eigenvalue weighted by molar-refractivity contribution is -0.139. The number of carboxylic acid groups (broad SMARTS) is 1. The molecular weight excluding hydrogens is 274 g/mol. The Labute approximate surface area is 124 Å². The maximum absolute atomic E-state index is 12.1. The molecule has 1 fully saturated rings. The summed E-state index contributed by atoms with van der Waals surface area (Å²) in [6.45, 7) is 5.61. The lowest BCUT2D eigenvalue weighted by Crippen LogP contribution is -2.50. The number of nitrogens with one attached hydrogen (secondary N) is 1. The molecule has 1 rings (SSSR count). The van der Waals surface area contributed by atoms with Gasteiger partial charge < -0.3 is 21.1 Å². The van der Waals surface area contributed by atoms with E-state index in [1.165, 1.54) is 0 Å². The third-order valence-corrected chi connectivity index (χ3v) is 4.04. The first-order valence-corrected chi connectivity index (χ1v) is 7.37. The predicted octanol–water partition coefficient (Wildman–Crippen LogP) is 0.783. The summed E-state index contributed by atoms with van der Waals surface area (Å²) in [5, 5.41) is 11.5. The summed E-state index contributed by atoms with van der Waals surface area (Å²) in [5.41, 5.74) is 5.00. The number of hydrogen-bond acceptors (Lipinski definition) is 3. The second kappa shape index (κ2) is 7.85. The third-order valence-electron chi connectivity index (χ3n) is 4.04. The first-order chi connectivity index (χ1) is 9.81. The van der Waals surface area contributed by atoms with Crippen LogP contribution in [0.1, 0.15) is 39.5 Å². The zero-order chi connectivity index (χ0) is 16.0. The highest BCUT2D eigenvalue weighted by molar-refractivity contribution is 5.83. The van der Waals surface area contributed by atoms with Crippen LogP contribution in [0.25, 0.3) is 0 Å². The summed E-state index contributed by atoms with van der Waals surface area (Å²) in [5.74, 6) is -0.522. The molecule has 1 heterocycles. The molecule has 0 aliphatic carbocycles. The summed E-state index contributed by atoms with van der Waals surface area (Å²) in [4.78, 5) is 35.5. The zero-order valence-corrected chi connectivity index (χ0v) is 12.7. The fourth-order valence-electron chi connectivity index (χ4n) is 2.55. The van der Waals surface area contributed by atoms with E-state index in [0.29, 0.717) is 24.9 Å². The predicted molar refractivity (Wildman–Crippen MR) is 77.5 cm³/mol. The van der Waals surface area contributed by atoms with Gasteiger partial charge >= 0.3 is 12.0 Å². The number of amides is 3. The SMILES string of the molecule is CC(C)C1CCN(C(=O)N[C@H](CCC(N)=O)C(=O)O)CC1. The Hall–Kier alpha value is -1.79. The number of likely N-dealkylation sites (tertiary alicyclic amines) is 1. The standard InChI is InChI=1S/C14H25N3O4/c1-9(2)10-5-7-17(8-6-10)14(21)16-11(13(19)20)3-4-12(15)18/h9-11H,3-8H2,1-2H3,(H2,15,18)(H,16,21)(H,19,20)/t11-/m1/s1. The lowest BCUT2D eigenvalue weighted by atomic mass is 9.87. The highest BCUT2D eigenvalue weighted by Gasteiger charge is 2.27. The van der Waals surface area contributed by atoms with E-state index in [4.69, 9.17) is 10.8 Å². The van der Waals surface area contributed by atoms with Crippen LogP contribution >= 0.6 is 0 Å². The van der Waals surface area contributed by atoms with Gasteiger partial charge in [-0.3, -0.25) is 4.79 Å². The van der Waals surface area contributed by atoms with Crippen LogP contribution in [0.15, 0.2) is 0 Å². The summed E-state index contributed by atoms with van der Waals surface area (Å²) < 4.78 is 0. The number of carbonyl (C=O) groups excluding carboxylic acids is 2. The van der Waals surface area contributed by atoms with Gasteiger partial charge in [0.05, 0.1) is 0 Å². The van der Waals surface area contributed by atoms with Crippen LogP contribution in [0.5, 0.6) is 0 Å². The molecule has 0 radical (unpaired) electrons. The first-order valence-electron chi connectivity index (χ1n) is 7.37. The van der Waals surface area contributed by atoms with Crippen LogP contribution < -0.4 is 11.1 Å². The summed E-state index contributed by atoms with van der Waals surface area (Å²) in [7, 11) is 0. The van der Waals surface area contributed by atoms with E-state index in [0.717, 1.165) is 12.8 Å². The molecule has 1 aliphatic heterocycles. The Morgan fingerprint density at radius 3 is 2.29 bits per heavy atom. The number of primary amides is 1. The highest BCUT2D eigenvalue weighted by atomic mass is 16.4. The van der Waals surface area contributed by atoms with Gasteiger partial charge in [-0.1, -0.05) is 13.8 Å². The number of urea groups is 1. The molecule has 0 saturated carbocycles. The molecule has 0 unspecified atom stereocenters. The van der Waals surface area contributed by atoms with Crippen LogP contribution in [-0.4, -0.2) is 47.0 Å². The van der Waals surface area contributed by atoms with Crippen molar-refractivity contribution in [2.45, 2.75) is 45.6 Å². The van der Waals surface area contributed by atoms with Crippen molar-refractivity contribution in [2.75, 3.05) is 13.1 Å². The van der Waals surface area contributed by atoms with Crippen molar-refractivity contribution in [3.8, 4) is 0 Å². The average Bonchev–Trinajstić information content (AvgIpc) is 2.42. The summed E-state index contributed by atoms with van der Waals surface area (Å²) in [6, 6.07) is -1.46. The summed E-state index contributed by atoms with van der Waals surface area (Å²) in [6.07, 6.45) is 1.82. The van der Waals surface area contributed by atoms with Gasteiger partial charge in [-0.25, -0.2) is 9.59 Å². The largest absolute Gasteiger partial charge is 0.480 e. The van der Waals surface area contributed by atoms with Gasteiger partial charge in [-0.05, 0) is 31.1 Å². The normalized spacial score (nSPS) is 17.6. The minimum Gasteiger partial charge on any atom is -0.480 e. The molecular formula is C14H25N3O4. The molecule has 0 aromatic rings. The van der Waals surface area contributed by atoms with Crippen LogP contribution in [0.2, 0.25) is 0 Å². The van der Waals surface area contributed by atoms with Crippen molar-refractivity contribution < 1.29 is 19.5 Å². The molecule has 4 N–H and O–H groups in total. The van der Waals surface area contributed by atoms with Crippen molar-refractivity contribution in [1.82, 2.24) is 10.2 Å². The molecule has 120 valence electrons. The van der Waals surface area contributed by atoms with Gasteiger partial charge in [-0.2, -0.15) is 0 Å². The van der Waals surface area contributed by atoms with Gasteiger partial charge in [-0.15, -0.1) is 0 Å². The quantitative estimate of drug-likeness (QED) is 0.672. The minimum absolute atomic E-state index is 0.0128. The molecule has 1 saturated heterocycles. The van der Waals surface area contributed by atoms with Crippen LogP contribution in [-0.2, 0) is 9.59 Å². The number of carboxylic acids is 1. The van der Waals surface area contributed by atoms with Gasteiger partial charge in [0.15, 0.2) is 0 Å². The van der Waals surface area contributed by atoms with E-state index in [1.54, 1.807) is 4.90 Å². The molecule has 7 nitrogen and oxygen atoms in total. The molecule has 0 spiro atoms. The van der Waals surface area contributed by atoms with Crippen LogP contribution in [0, 0.1) is 11.8 Å². The Kier molecular flexibility index (Phi) is 6.45. The van der Waals surface area contributed by atoms with Gasteiger partial charge in [0.25, 0.3) is 0 Å². The van der Waals surface area contributed by atoms with Crippen molar-refractivity contribution in [1.29, 1.82) is 0 Å². The van der Waals surface area contributed by atoms with Crippen LogP contribution in [0.4, 0.5) is 4.79 Å². The highest BCUT2D eigenvalue weighted by Crippen LogP contribution is 2.24. The van der Waals surface area contributed by atoms with E-state index >= 15 is 0 Å². The Morgan fingerprint density at radius 1 is 1.29 bits per heavy atom.